The number of amides is 1. The van der Waals surface area contributed by atoms with Gasteiger partial charge in [-0.2, -0.15) is 0 Å². The van der Waals surface area contributed by atoms with Gasteiger partial charge < -0.3 is 18.5 Å². The van der Waals surface area contributed by atoms with Crippen LogP contribution in [-0.4, -0.2) is 36.5 Å². The summed E-state index contributed by atoms with van der Waals surface area (Å²) in [6.07, 6.45) is 1.99. The minimum Gasteiger partial charge on any atom is -0.466 e. The molecule has 1 aliphatic rings. The number of furan rings is 1. The highest BCUT2D eigenvalue weighted by molar-refractivity contribution is 5.96. The summed E-state index contributed by atoms with van der Waals surface area (Å²) in [5, 5.41) is 1.84. The van der Waals surface area contributed by atoms with Crippen molar-refractivity contribution in [2.75, 3.05) is 19.7 Å². The van der Waals surface area contributed by atoms with Crippen LogP contribution in [0.15, 0.2) is 25.8 Å². The molecule has 1 aromatic carbocycles. The topological polar surface area (TPSA) is 90.0 Å². The first-order valence-electron chi connectivity index (χ1n) is 11.2. The summed E-state index contributed by atoms with van der Waals surface area (Å²) in [6.45, 7) is 8.92. The molecule has 0 spiro atoms. The standard InChI is InChI=1S/C25H29NO6/c1-5-30-24(28)17-7-6-10-26(13-17)23(27)9-8-18-15(3)20-11-19-14(2)16(4)31-21(19)12-22(20)32-25(18)29/h11-12,17H,5-10,13H2,1-4H3. The van der Waals surface area contributed by atoms with Crippen LogP contribution in [0.25, 0.3) is 21.9 Å². The molecule has 1 fully saturated rings. The van der Waals surface area contributed by atoms with E-state index in [4.69, 9.17) is 13.6 Å². The molecule has 0 N–H and O–H groups in total. The van der Waals surface area contributed by atoms with E-state index in [1.807, 2.05) is 26.8 Å². The quantitative estimate of drug-likeness (QED) is 0.437. The van der Waals surface area contributed by atoms with Gasteiger partial charge >= 0.3 is 11.6 Å². The third kappa shape index (κ3) is 4.04. The molecule has 4 rings (SSSR count). The highest BCUT2D eigenvalue weighted by Crippen LogP contribution is 2.31. The molecule has 1 atom stereocenters. The maximum atomic E-state index is 12.8. The van der Waals surface area contributed by atoms with Gasteiger partial charge in [-0.15, -0.1) is 0 Å². The third-order valence-electron chi connectivity index (χ3n) is 6.57. The van der Waals surface area contributed by atoms with Crippen LogP contribution in [0.1, 0.15) is 48.6 Å². The molecule has 7 nitrogen and oxygen atoms in total. The number of rotatable bonds is 5. The van der Waals surface area contributed by atoms with E-state index < -0.39 is 5.63 Å². The number of nitrogens with zero attached hydrogens (tertiary/aromatic N) is 1. The summed E-state index contributed by atoms with van der Waals surface area (Å²) < 4.78 is 16.5. The van der Waals surface area contributed by atoms with Gasteiger partial charge in [0.2, 0.25) is 5.91 Å². The van der Waals surface area contributed by atoms with Crippen molar-refractivity contribution in [1.29, 1.82) is 0 Å². The number of aryl methyl sites for hydroxylation is 3. The van der Waals surface area contributed by atoms with Crippen molar-refractivity contribution >= 4 is 33.8 Å². The minimum atomic E-state index is -0.426. The van der Waals surface area contributed by atoms with E-state index in [2.05, 4.69) is 0 Å². The van der Waals surface area contributed by atoms with Crippen LogP contribution in [0.5, 0.6) is 0 Å². The second-order valence-corrected chi connectivity index (χ2v) is 8.55. The summed E-state index contributed by atoms with van der Waals surface area (Å²) in [7, 11) is 0. The van der Waals surface area contributed by atoms with Gasteiger partial charge in [-0.3, -0.25) is 9.59 Å². The van der Waals surface area contributed by atoms with Gasteiger partial charge in [-0.05, 0) is 64.2 Å². The molecule has 0 radical (unpaired) electrons. The van der Waals surface area contributed by atoms with Crippen LogP contribution in [0.4, 0.5) is 0 Å². The number of carbonyl (C=O) groups is 2. The number of esters is 1. The van der Waals surface area contributed by atoms with Gasteiger partial charge in [0.25, 0.3) is 0 Å². The van der Waals surface area contributed by atoms with E-state index in [9.17, 15) is 14.4 Å². The van der Waals surface area contributed by atoms with Crippen molar-refractivity contribution in [3.8, 4) is 0 Å². The first-order chi connectivity index (χ1) is 15.3. The summed E-state index contributed by atoms with van der Waals surface area (Å²) in [6, 6.07) is 3.76. The molecule has 1 amide bonds. The summed E-state index contributed by atoms with van der Waals surface area (Å²) in [5.41, 5.74) is 3.15. The van der Waals surface area contributed by atoms with E-state index in [-0.39, 0.29) is 24.2 Å². The molecular weight excluding hydrogens is 410 g/mol. The Morgan fingerprint density at radius 1 is 1.09 bits per heavy atom. The predicted molar refractivity (Wildman–Crippen MR) is 121 cm³/mol. The Labute approximate surface area is 186 Å². The number of hydrogen-bond acceptors (Lipinski definition) is 6. The normalized spacial score (nSPS) is 16.6. The van der Waals surface area contributed by atoms with E-state index >= 15 is 0 Å². The van der Waals surface area contributed by atoms with Crippen molar-refractivity contribution in [3.63, 3.8) is 0 Å². The lowest BCUT2D eigenvalue weighted by molar-refractivity contribution is -0.151. The zero-order valence-electron chi connectivity index (χ0n) is 19.1. The van der Waals surface area contributed by atoms with Crippen molar-refractivity contribution in [3.05, 3.63) is 45.0 Å². The average molecular weight is 440 g/mol. The predicted octanol–water partition coefficient (Wildman–Crippen LogP) is 4.20. The maximum absolute atomic E-state index is 12.8. The molecule has 3 aromatic rings. The molecule has 1 saturated heterocycles. The first-order valence-corrected chi connectivity index (χ1v) is 11.2. The number of carbonyl (C=O) groups excluding carboxylic acids is 2. The number of fused-ring (bicyclic) bond motifs is 2. The highest BCUT2D eigenvalue weighted by atomic mass is 16.5. The molecule has 1 aliphatic heterocycles. The Morgan fingerprint density at radius 3 is 2.56 bits per heavy atom. The Morgan fingerprint density at radius 2 is 1.81 bits per heavy atom. The minimum absolute atomic E-state index is 0.0605. The van der Waals surface area contributed by atoms with E-state index in [1.165, 1.54) is 0 Å². The second-order valence-electron chi connectivity index (χ2n) is 8.55. The smallest absolute Gasteiger partial charge is 0.339 e. The number of piperidine rings is 1. The first kappa shape index (κ1) is 22.1. The van der Waals surface area contributed by atoms with Crippen LogP contribution in [0.2, 0.25) is 0 Å². The van der Waals surface area contributed by atoms with Crippen molar-refractivity contribution in [2.45, 2.75) is 53.4 Å². The molecule has 32 heavy (non-hydrogen) atoms. The Bertz CT molecular complexity index is 1250. The van der Waals surface area contributed by atoms with Crippen LogP contribution in [0, 0.1) is 26.7 Å². The third-order valence-corrected chi connectivity index (χ3v) is 6.57. The molecule has 1 unspecified atom stereocenters. The Kier molecular flexibility index (Phi) is 6.09. The fraction of sp³-hybridized carbons (Fsp3) is 0.480. The second kappa shape index (κ2) is 8.81. The molecule has 7 heteroatoms. The molecule has 0 saturated carbocycles. The van der Waals surface area contributed by atoms with Gasteiger partial charge in [0, 0.05) is 41.9 Å². The van der Waals surface area contributed by atoms with Crippen molar-refractivity contribution in [1.82, 2.24) is 4.90 Å². The number of ether oxygens (including phenoxy) is 1. The van der Waals surface area contributed by atoms with Gasteiger partial charge in [-0.1, -0.05) is 0 Å². The van der Waals surface area contributed by atoms with Gasteiger partial charge in [0.05, 0.1) is 12.5 Å². The molecular formula is C25H29NO6. The van der Waals surface area contributed by atoms with Crippen molar-refractivity contribution in [2.24, 2.45) is 5.92 Å². The number of likely N-dealkylation sites (tertiary alicyclic amines) is 1. The lowest BCUT2D eigenvalue weighted by Gasteiger charge is -2.31. The zero-order valence-corrected chi connectivity index (χ0v) is 19.1. The largest absolute Gasteiger partial charge is 0.466 e. The van der Waals surface area contributed by atoms with Crippen LogP contribution in [-0.2, 0) is 20.7 Å². The van der Waals surface area contributed by atoms with Crippen LogP contribution in [0.3, 0.4) is 0 Å². The Balaban J connectivity index is 1.54. The monoisotopic (exact) mass is 439 g/mol. The average Bonchev–Trinajstić information content (AvgIpc) is 3.05. The van der Waals surface area contributed by atoms with Gasteiger partial charge in [0.1, 0.15) is 16.9 Å². The SMILES string of the molecule is CCOC(=O)C1CCCN(C(=O)CCc2c(C)c3cc4c(C)c(C)oc4cc3oc2=O)C1. The lowest BCUT2D eigenvalue weighted by atomic mass is 9.97. The van der Waals surface area contributed by atoms with E-state index in [1.54, 1.807) is 17.9 Å². The number of hydrogen-bond donors (Lipinski definition) is 0. The molecule has 2 aromatic heterocycles. The van der Waals surface area contributed by atoms with E-state index in [0.717, 1.165) is 40.5 Å². The molecule has 170 valence electrons. The molecule has 0 aliphatic carbocycles. The summed E-state index contributed by atoms with van der Waals surface area (Å²) >= 11 is 0. The fourth-order valence-electron chi connectivity index (χ4n) is 4.56. The Hall–Kier alpha value is -3.09. The highest BCUT2D eigenvalue weighted by Gasteiger charge is 2.29. The van der Waals surface area contributed by atoms with Crippen LogP contribution < -0.4 is 5.63 Å². The summed E-state index contributed by atoms with van der Waals surface area (Å²) in [5.74, 6) is 0.259. The van der Waals surface area contributed by atoms with Gasteiger partial charge in [0.15, 0.2) is 0 Å². The van der Waals surface area contributed by atoms with Crippen molar-refractivity contribution < 1.29 is 23.2 Å². The fourth-order valence-corrected chi connectivity index (χ4v) is 4.56. The van der Waals surface area contributed by atoms with Crippen LogP contribution >= 0.6 is 0 Å². The summed E-state index contributed by atoms with van der Waals surface area (Å²) in [4.78, 5) is 39.3. The number of benzene rings is 1. The van der Waals surface area contributed by atoms with E-state index in [0.29, 0.717) is 42.8 Å². The zero-order chi connectivity index (χ0) is 23.0. The van der Waals surface area contributed by atoms with Gasteiger partial charge in [-0.25, -0.2) is 4.79 Å². The maximum Gasteiger partial charge on any atom is 0.339 e. The molecule has 3 heterocycles. The lowest BCUT2D eigenvalue weighted by Crippen LogP contribution is -2.43. The molecule has 0 bridgehead atoms.